The molecule has 2 aromatic rings. The van der Waals surface area contributed by atoms with Gasteiger partial charge in [-0.1, -0.05) is 6.92 Å². The molecule has 0 spiro atoms. The van der Waals surface area contributed by atoms with Crippen molar-refractivity contribution in [3.8, 4) is 0 Å². The third kappa shape index (κ3) is 2.26. The number of nitrogens with zero attached hydrogens (tertiary/aromatic N) is 3. The average molecular weight is 286 g/mol. The van der Waals surface area contributed by atoms with Crippen LogP contribution in [0.2, 0.25) is 0 Å². The molecule has 0 bridgehead atoms. The van der Waals surface area contributed by atoms with Crippen LogP contribution < -0.4 is 10.2 Å². The number of imide groups is 1. The lowest BCUT2D eigenvalue weighted by atomic mass is 10.1. The van der Waals surface area contributed by atoms with Crippen molar-refractivity contribution in [3.63, 3.8) is 0 Å². The highest BCUT2D eigenvalue weighted by Gasteiger charge is 2.25. The van der Waals surface area contributed by atoms with Gasteiger partial charge in [0, 0.05) is 31.1 Å². The number of rotatable bonds is 3. The highest BCUT2D eigenvalue weighted by atomic mass is 16.2. The van der Waals surface area contributed by atoms with Gasteiger partial charge in [-0.25, -0.2) is 9.78 Å². The van der Waals surface area contributed by atoms with E-state index in [2.05, 4.69) is 34.9 Å². The summed E-state index contributed by atoms with van der Waals surface area (Å²) in [6.45, 7) is 5.45. The second-order valence-electron chi connectivity index (χ2n) is 5.11. The summed E-state index contributed by atoms with van der Waals surface area (Å²) in [6.07, 6.45) is 5.05. The standard InChI is InChI=1S/C15H18N4O2/c1-3-10-9-18(4-2)14-12(10)7-11(8-16-14)19-6-5-13(20)17-15(19)21/h7-9H,3-6H2,1-2H3,(H,17,20,21). The number of aryl methyl sites for hydroxylation is 2. The third-order valence-electron chi connectivity index (χ3n) is 3.87. The van der Waals surface area contributed by atoms with Crippen molar-refractivity contribution in [2.75, 3.05) is 11.4 Å². The van der Waals surface area contributed by atoms with E-state index in [1.807, 2.05) is 6.07 Å². The minimum Gasteiger partial charge on any atom is -0.333 e. The van der Waals surface area contributed by atoms with Crippen LogP contribution in [0.3, 0.4) is 0 Å². The first-order valence-corrected chi connectivity index (χ1v) is 7.23. The fourth-order valence-corrected chi connectivity index (χ4v) is 2.71. The highest BCUT2D eigenvalue weighted by molar-refractivity contribution is 6.06. The summed E-state index contributed by atoms with van der Waals surface area (Å²) in [6, 6.07) is 1.61. The number of urea groups is 1. The molecule has 0 atom stereocenters. The molecule has 1 N–H and O–H groups in total. The lowest BCUT2D eigenvalue weighted by molar-refractivity contribution is -0.120. The molecule has 2 aromatic heterocycles. The Morgan fingerprint density at radius 2 is 2.14 bits per heavy atom. The molecule has 0 aliphatic carbocycles. The smallest absolute Gasteiger partial charge is 0.328 e. The molecule has 3 amide bonds. The van der Waals surface area contributed by atoms with E-state index in [1.165, 1.54) is 5.56 Å². The van der Waals surface area contributed by atoms with E-state index in [0.29, 0.717) is 13.0 Å². The lowest BCUT2D eigenvalue weighted by Crippen LogP contribution is -2.49. The van der Waals surface area contributed by atoms with Crippen LogP contribution in [0.1, 0.15) is 25.8 Å². The molecule has 0 aromatic carbocycles. The van der Waals surface area contributed by atoms with E-state index < -0.39 is 0 Å². The van der Waals surface area contributed by atoms with Crippen LogP contribution in [0.25, 0.3) is 11.0 Å². The van der Waals surface area contributed by atoms with Crippen molar-refractivity contribution in [2.24, 2.45) is 0 Å². The first-order chi connectivity index (χ1) is 10.1. The summed E-state index contributed by atoms with van der Waals surface area (Å²) in [5.74, 6) is -0.225. The van der Waals surface area contributed by atoms with Crippen LogP contribution >= 0.6 is 0 Å². The van der Waals surface area contributed by atoms with Crippen molar-refractivity contribution in [3.05, 3.63) is 24.0 Å². The third-order valence-corrected chi connectivity index (χ3v) is 3.87. The molecule has 0 unspecified atom stereocenters. The molecule has 3 heterocycles. The number of fused-ring (bicyclic) bond motifs is 1. The Hall–Kier alpha value is -2.37. The number of amides is 3. The molecule has 21 heavy (non-hydrogen) atoms. The van der Waals surface area contributed by atoms with Gasteiger partial charge in [-0.3, -0.25) is 15.0 Å². The van der Waals surface area contributed by atoms with Crippen LogP contribution in [0.15, 0.2) is 18.5 Å². The zero-order valence-electron chi connectivity index (χ0n) is 12.2. The van der Waals surface area contributed by atoms with Gasteiger partial charge in [-0.15, -0.1) is 0 Å². The number of hydrogen-bond donors (Lipinski definition) is 1. The molecule has 1 saturated heterocycles. The molecular formula is C15H18N4O2. The van der Waals surface area contributed by atoms with Gasteiger partial charge in [0.05, 0.1) is 11.9 Å². The average Bonchev–Trinajstić information content (AvgIpc) is 2.84. The SMILES string of the molecule is CCc1cn(CC)c2ncc(N3CCC(=O)NC3=O)cc12. The summed E-state index contributed by atoms with van der Waals surface area (Å²) in [5, 5.41) is 3.41. The van der Waals surface area contributed by atoms with E-state index in [-0.39, 0.29) is 11.9 Å². The van der Waals surface area contributed by atoms with Crippen molar-refractivity contribution in [1.29, 1.82) is 0 Å². The number of pyridine rings is 1. The fourth-order valence-electron chi connectivity index (χ4n) is 2.71. The van der Waals surface area contributed by atoms with Gasteiger partial charge >= 0.3 is 6.03 Å². The Balaban J connectivity index is 2.04. The van der Waals surface area contributed by atoms with Gasteiger partial charge < -0.3 is 4.57 Å². The van der Waals surface area contributed by atoms with Crippen molar-refractivity contribution in [2.45, 2.75) is 33.2 Å². The molecule has 1 fully saturated rings. The van der Waals surface area contributed by atoms with Crippen LogP contribution in [0.5, 0.6) is 0 Å². The summed E-state index contributed by atoms with van der Waals surface area (Å²) in [4.78, 5) is 29.2. The Morgan fingerprint density at radius 3 is 2.81 bits per heavy atom. The maximum atomic E-state index is 11.9. The Kier molecular flexibility index (Phi) is 3.37. The predicted octanol–water partition coefficient (Wildman–Crippen LogP) is 2.06. The normalized spacial score (nSPS) is 15.6. The number of carbonyl (C=O) groups is 2. The van der Waals surface area contributed by atoms with Gasteiger partial charge in [0.25, 0.3) is 0 Å². The van der Waals surface area contributed by atoms with Crippen LogP contribution in [-0.4, -0.2) is 28.0 Å². The molecular weight excluding hydrogens is 268 g/mol. The van der Waals surface area contributed by atoms with Crippen molar-refractivity contribution in [1.82, 2.24) is 14.9 Å². The monoisotopic (exact) mass is 286 g/mol. The van der Waals surface area contributed by atoms with Crippen molar-refractivity contribution >= 4 is 28.7 Å². The van der Waals surface area contributed by atoms with E-state index in [1.54, 1.807) is 11.1 Å². The van der Waals surface area contributed by atoms with Crippen LogP contribution in [0, 0.1) is 0 Å². The highest BCUT2D eigenvalue weighted by Crippen LogP contribution is 2.26. The Labute approximate surface area is 122 Å². The topological polar surface area (TPSA) is 67.2 Å². The molecule has 110 valence electrons. The van der Waals surface area contributed by atoms with Gasteiger partial charge in [-0.2, -0.15) is 0 Å². The zero-order chi connectivity index (χ0) is 15.0. The predicted molar refractivity (Wildman–Crippen MR) is 80.3 cm³/mol. The van der Waals surface area contributed by atoms with Gasteiger partial charge in [-0.05, 0) is 25.0 Å². The van der Waals surface area contributed by atoms with E-state index in [4.69, 9.17) is 0 Å². The van der Waals surface area contributed by atoms with Crippen LogP contribution in [0.4, 0.5) is 10.5 Å². The number of anilines is 1. The Bertz CT molecular complexity index is 720. The quantitative estimate of drug-likeness (QED) is 0.939. The molecule has 1 aliphatic heterocycles. The van der Waals surface area contributed by atoms with Crippen molar-refractivity contribution < 1.29 is 9.59 Å². The summed E-state index contributed by atoms with van der Waals surface area (Å²) in [5.41, 5.74) is 2.89. The van der Waals surface area contributed by atoms with Gasteiger partial charge in [0.1, 0.15) is 5.65 Å². The Morgan fingerprint density at radius 1 is 1.33 bits per heavy atom. The molecule has 6 heteroatoms. The van der Waals surface area contributed by atoms with Gasteiger partial charge in [0.2, 0.25) is 5.91 Å². The summed E-state index contributed by atoms with van der Waals surface area (Å²) >= 11 is 0. The van der Waals surface area contributed by atoms with E-state index in [0.717, 1.165) is 29.7 Å². The molecule has 1 aliphatic rings. The fraction of sp³-hybridized carbons (Fsp3) is 0.400. The number of carbonyl (C=O) groups excluding carboxylic acids is 2. The zero-order valence-corrected chi connectivity index (χ0v) is 12.2. The summed E-state index contributed by atoms with van der Waals surface area (Å²) < 4.78 is 2.11. The minimum absolute atomic E-state index is 0.225. The minimum atomic E-state index is -0.375. The molecule has 0 saturated carbocycles. The van der Waals surface area contributed by atoms with Crippen LogP contribution in [-0.2, 0) is 17.8 Å². The first kappa shape index (κ1) is 13.6. The van der Waals surface area contributed by atoms with Gasteiger partial charge in [0.15, 0.2) is 0 Å². The maximum absolute atomic E-state index is 11.9. The molecule has 6 nitrogen and oxygen atoms in total. The maximum Gasteiger partial charge on any atom is 0.328 e. The first-order valence-electron chi connectivity index (χ1n) is 7.23. The molecule has 0 radical (unpaired) electrons. The second kappa shape index (κ2) is 5.20. The van der Waals surface area contributed by atoms with E-state index in [9.17, 15) is 9.59 Å². The van der Waals surface area contributed by atoms with E-state index >= 15 is 0 Å². The number of aromatic nitrogens is 2. The molecule has 3 rings (SSSR count). The second-order valence-corrected chi connectivity index (χ2v) is 5.11. The largest absolute Gasteiger partial charge is 0.333 e. The summed E-state index contributed by atoms with van der Waals surface area (Å²) in [7, 11) is 0. The lowest BCUT2D eigenvalue weighted by Gasteiger charge is -2.26. The number of hydrogen-bond acceptors (Lipinski definition) is 3. The number of nitrogens with one attached hydrogen (secondary N) is 1.